The average molecular weight is 283 g/mol. The molecule has 0 aliphatic carbocycles. The number of nitrogens with one attached hydrogen (secondary N) is 1. The van der Waals surface area contributed by atoms with Crippen molar-refractivity contribution in [3.63, 3.8) is 0 Å². The van der Waals surface area contributed by atoms with Crippen LogP contribution in [0.15, 0.2) is 0 Å². The van der Waals surface area contributed by atoms with Crippen molar-refractivity contribution < 1.29 is 14.3 Å². The largest absolute Gasteiger partial charge is 0.374 e. The number of carbonyl (C=O) groups excluding carboxylic acids is 2. The first-order chi connectivity index (χ1) is 9.51. The van der Waals surface area contributed by atoms with Crippen molar-refractivity contribution in [1.82, 2.24) is 15.1 Å². The zero-order valence-electron chi connectivity index (χ0n) is 12.6. The number of amides is 2. The summed E-state index contributed by atoms with van der Waals surface area (Å²) in [7, 11) is 2.04. The zero-order valence-corrected chi connectivity index (χ0v) is 12.6. The van der Waals surface area contributed by atoms with Crippen LogP contribution in [0.1, 0.15) is 20.3 Å². The minimum absolute atomic E-state index is 0.00110. The molecular weight excluding hydrogens is 258 g/mol. The van der Waals surface area contributed by atoms with Crippen LogP contribution in [0.2, 0.25) is 0 Å². The predicted octanol–water partition coefficient (Wildman–Crippen LogP) is -0.310. The Morgan fingerprint density at radius 3 is 2.85 bits per heavy atom. The molecule has 0 spiro atoms. The first-order valence-electron chi connectivity index (χ1n) is 7.39. The van der Waals surface area contributed by atoms with Crippen molar-refractivity contribution in [3.8, 4) is 0 Å². The molecule has 2 fully saturated rings. The monoisotopic (exact) mass is 283 g/mol. The summed E-state index contributed by atoms with van der Waals surface area (Å²) in [5.41, 5.74) is 0. The van der Waals surface area contributed by atoms with Gasteiger partial charge in [-0.1, -0.05) is 20.3 Å². The van der Waals surface area contributed by atoms with E-state index in [0.717, 1.165) is 19.5 Å². The van der Waals surface area contributed by atoms with Crippen LogP contribution in [-0.4, -0.2) is 73.6 Å². The standard InChI is InChI=1S/C14H25N3O3/c1-4-10(2)13-14(19)17(9-12(18)15-13)8-11-7-16(3)5-6-20-11/h10-11,13H,4-9H2,1-3H3,(H,15,18). The lowest BCUT2D eigenvalue weighted by molar-refractivity contribution is -0.148. The first-order valence-corrected chi connectivity index (χ1v) is 7.39. The molecule has 0 aromatic heterocycles. The Labute approximate surface area is 120 Å². The molecule has 2 heterocycles. The molecule has 6 heteroatoms. The van der Waals surface area contributed by atoms with Gasteiger partial charge in [0.05, 0.1) is 19.3 Å². The molecule has 2 aliphatic rings. The van der Waals surface area contributed by atoms with E-state index in [2.05, 4.69) is 10.2 Å². The van der Waals surface area contributed by atoms with Crippen LogP contribution in [0.25, 0.3) is 0 Å². The van der Waals surface area contributed by atoms with Crippen LogP contribution in [-0.2, 0) is 14.3 Å². The number of carbonyl (C=O) groups is 2. The van der Waals surface area contributed by atoms with Gasteiger partial charge < -0.3 is 19.9 Å². The lowest BCUT2D eigenvalue weighted by atomic mass is 9.96. The Hall–Kier alpha value is -1.14. The Morgan fingerprint density at radius 2 is 2.20 bits per heavy atom. The number of rotatable bonds is 4. The molecule has 0 radical (unpaired) electrons. The van der Waals surface area contributed by atoms with Crippen LogP contribution >= 0.6 is 0 Å². The summed E-state index contributed by atoms with van der Waals surface area (Å²) < 4.78 is 5.69. The van der Waals surface area contributed by atoms with Crippen molar-refractivity contribution in [2.75, 3.05) is 39.8 Å². The third kappa shape index (κ3) is 3.49. The zero-order chi connectivity index (χ0) is 14.7. The Kier molecular flexibility index (Phi) is 4.99. The first kappa shape index (κ1) is 15.3. The van der Waals surface area contributed by atoms with Gasteiger partial charge in [0, 0.05) is 19.6 Å². The van der Waals surface area contributed by atoms with Gasteiger partial charge in [-0.15, -0.1) is 0 Å². The maximum Gasteiger partial charge on any atom is 0.245 e. The van der Waals surface area contributed by atoms with E-state index in [4.69, 9.17) is 4.74 Å². The van der Waals surface area contributed by atoms with E-state index in [0.29, 0.717) is 13.2 Å². The molecular formula is C14H25N3O3. The van der Waals surface area contributed by atoms with Crippen LogP contribution in [0.3, 0.4) is 0 Å². The van der Waals surface area contributed by atoms with E-state index >= 15 is 0 Å². The Morgan fingerprint density at radius 1 is 1.45 bits per heavy atom. The summed E-state index contributed by atoms with van der Waals surface area (Å²) in [4.78, 5) is 28.1. The predicted molar refractivity (Wildman–Crippen MR) is 75.2 cm³/mol. The molecule has 2 amide bonds. The van der Waals surface area contributed by atoms with E-state index in [1.54, 1.807) is 4.90 Å². The van der Waals surface area contributed by atoms with Crippen molar-refractivity contribution in [2.45, 2.75) is 32.4 Å². The number of hydrogen-bond acceptors (Lipinski definition) is 4. The lowest BCUT2D eigenvalue weighted by Crippen LogP contribution is -2.62. The normalized spacial score (nSPS) is 30.2. The molecule has 6 nitrogen and oxygen atoms in total. The number of morpholine rings is 1. The van der Waals surface area contributed by atoms with Crippen molar-refractivity contribution in [2.24, 2.45) is 5.92 Å². The number of hydrogen-bond donors (Lipinski definition) is 1. The van der Waals surface area contributed by atoms with Crippen molar-refractivity contribution in [1.29, 1.82) is 0 Å². The van der Waals surface area contributed by atoms with E-state index < -0.39 is 0 Å². The SMILES string of the molecule is CCC(C)C1NC(=O)CN(CC2CN(C)CCO2)C1=O. The highest BCUT2D eigenvalue weighted by atomic mass is 16.5. The fourth-order valence-corrected chi connectivity index (χ4v) is 2.73. The van der Waals surface area contributed by atoms with Crippen LogP contribution in [0.4, 0.5) is 0 Å². The van der Waals surface area contributed by atoms with Crippen molar-refractivity contribution >= 4 is 11.8 Å². The summed E-state index contributed by atoms with van der Waals surface area (Å²) in [5, 5.41) is 2.81. The number of nitrogens with zero attached hydrogens (tertiary/aromatic N) is 2. The summed E-state index contributed by atoms with van der Waals surface area (Å²) >= 11 is 0. The summed E-state index contributed by atoms with van der Waals surface area (Å²) in [6.45, 7) is 7.09. The van der Waals surface area contributed by atoms with Gasteiger partial charge in [0.2, 0.25) is 11.8 Å². The second-order valence-electron chi connectivity index (χ2n) is 5.90. The second-order valence-corrected chi connectivity index (χ2v) is 5.90. The molecule has 1 N–H and O–H groups in total. The van der Waals surface area contributed by atoms with Gasteiger partial charge in [-0.2, -0.15) is 0 Å². The smallest absolute Gasteiger partial charge is 0.245 e. The molecule has 114 valence electrons. The maximum atomic E-state index is 12.5. The lowest BCUT2D eigenvalue weighted by Gasteiger charge is -2.38. The van der Waals surface area contributed by atoms with Gasteiger partial charge in [-0.05, 0) is 13.0 Å². The number of likely N-dealkylation sites (N-methyl/N-ethyl adjacent to an activating group) is 1. The van der Waals surface area contributed by atoms with Gasteiger partial charge in [0.1, 0.15) is 6.04 Å². The Bertz CT molecular complexity index is 375. The van der Waals surface area contributed by atoms with Crippen LogP contribution in [0.5, 0.6) is 0 Å². The third-order valence-corrected chi connectivity index (χ3v) is 4.21. The topological polar surface area (TPSA) is 61.9 Å². The van der Waals surface area contributed by atoms with Gasteiger partial charge >= 0.3 is 0 Å². The fraction of sp³-hybridized carbons (Fsp3) is 0.857. The van der Waals surface area contributed by atoms with Crippen LogP contribution in [0, 0.1) is 5.92 Å². The van der Waals surface area contributed by atoms with Gasteiger partial charge in [0.25, 0.3) is 0 Å². The van der Waals surface area contributed by atoms with E-state index in [9.17, 15) is 9.59 Å². The highest BCUT2D eigenvalue weighted by Crippen LogP contribution is 2.15. The van der Waals surface area contributed by atoms with Gasteiger partial charge in [-0.25, -0.2) is 0 Å². The minimum atomic E-state index is -0.387. The summed E-state index contributed by atoms with van der Waals surface area (Å²) in [6, 6.07) is -0.387. The molecule has 2 saturated heterocycles. The number of piperazine rings is 1. The second kappa shape index (κ2) is 6.54. The average Bonchev–Trinajstić information content (AvgIpc) is 2.41. The molecule has 2 rings (SSSR count). The maximum absolute atomic E-state index is 12.5. The van der Waals surface area contributed by atoms with Gasteiger partial charge in [-0.3, -0.25) is 9.59 Å². The minimum Gasteiger partial charge on any atom is -0.374 e. The number of ether oxygens (including phenoxy) is 1. The summed E-state index contributed by atoms with van der Waals surface area (Å²) in [6.07, 6.45) is 0.869. The van der Waals surface area contributed by atoms with E-state index in [1.165, 1.54) is 0 Å². The molecule has 0 aromatic rings. The highest BCUT2D eigenvalue weighted by Gasteiger charge is 2.36. The Balaban J connectivity index is 1.99. The van der Waals surface area contributed by atoms with Crippen molar-refractivity contribution in [3.05, 3.63) is 0 Å². The molecule has 0 aromatic carbocycles. The van der Waals surface area contributed by atoms with Crippen LogP contribution < -0.4 is 5.32 Å². The summed E-state index contributed by atoms with van der Waals surface area (Å²) in [5.74, 6) is 0.110. The van der Waals surface area contributed by atoms with E-state index in [-0.39, 0.29) is 36.4 Å². The van der Waals surface area contributed by atoms with Gasteiger partial charge in [0.15, 0.2) is 0 Å². The highest BCUT2D eigenvalue weighted by molar-refractivity contribution is 5.95. The molecule has 0 saturated carbocycles. The molecule has 20 heavy (non-hydrogen) atoms. The molecule has 3 unspecified atom stereocenters. The van der Waals surface area contributed by atoms with E-state index in [1.807, 2.05) is 20.9 Å². The quantitative estimate of drug-likeness (QED) is 0.769. The fourth-order valence-electron chi connectivity index (χ4n) is 2.73. The molecule has 2 aliphatic heterocycles. The molecule has 0 bridgehead atoms. The molecule has 3 atom stereocenters. The third-order valence-electron chi connectivity index (χ3n) is 4.21.